The number of benzene rings is 2. The topological polar surface area (TPSA) is 46.5 Å². The van der Waals surface area contributed by atoms with Crippen molar-refractivity contribution in [3.8, 4) is 16.9 Å². The molecule has 0 saturated heterocycles. The van der Waals surface area contributed by atoms with E-state index in [1.54, 1.807) is 43.5 Å². The normalized spacial score (nSPS) is 11.9. The Labute approximate surface area is 116 Å². The summed E-state index contributed by atoms with van der Waals surface area (Å²) in [6.07, 6.45) is 0. The Morgan fingerprint density at radius 2 is 2.00 bits per heavy atom. The Balaban J connectivity index is 2.41. The SMILES string of the molecule is COc1cccc(-c2ccc(C(C)C(=O)O)cc2F)c1. The van der Waals surface area contributed by atoms with E-state index in [9.17, 15) is 9.18 Å². The van der Waals surface area contributed by atoms with Crippen molar-refractivity contribution < 1.29 is 19.0 Å². The molecule has 104 valence electrons. The summed E-state index contributed by atoms with van der Waals surface area (Å²) in [5.74, 6) is -1.50. The van der Waals surface area contributed by atoms with Crippen LogP contribution in [0.5, 0.6) is 5.75 Å². The van der Waals surface area contributed by atoms with Crippen LogP contribution in [0.15, 0.2) is 42.5 Å². The number of rotatable bonds is 4. The Bertz CT molecular complexity index is 637. The predicted molar refractivity (Wildman–Crippen MR) is 74.4 cm³/mol. The van der Waals surface area contributed by atoms with E-state index >= 15 is 0 Å². The molecule has 1 atom stereocenters. The first-order valence-electron chi connectivity index (χ1n) is 6.19. The fraction of sp³-hybridized carbons (Fsp3) is 0.188. The maximum atomic E-state index is 14.2. The molecule has 0 heterocycles. The van der Waals surface area contributed by atoms with Crippen LogP contribution in [0.25, 0.3) is 11.1 Å². The number of methoxy groups -OCH3 is 1. The van der Waals surface area contributed by atoms with Gasteiger partial charge in [-0.15, -0.1) is 0 Å². The Hall–Kier alpha value is -2.36. The summed E-state index contributed by atoms with van der Waals surface area (Å²) in [5.41, 5.74) is 1.56. The van der Waals surface area contributed by atoms with Gasteiger partial charge in [-0.25, -0.2) is 4.39 Å². The number of hydrogen-bond acceptors (Lipinski definition) is 2. The third-order valence-electron chi connectivity index (χ3n) is 3.24. The van der Waals surface area contributed by atoms with Gasteiger partial charge in [0, 0.05) is 5.56 Å². The second-order valence-corrected chi connectivity index (χ2v) is 4.53. The van der Waals surface area contributed by atoms with Gasteiger partial charge in [0.25, 0.3) is 0 Å². The minimum absolute atomic E-state index is 0.422. The van der Waals surface area contributed by atoms with Crippen molar-refractivity contribution >= 4 is 5.97 Å². The van der Waals surface area contributed by atoms with Crippen LogP contribution in [-0.4, -0.2) is 18.2 Å². The third kappa shape index (κ3) is 2.79. The maximum Gasteiger partial charge on any atom is 0.310 e. The summed E-state index contributed by atoms with van der Waals surface area (Å²) < 4.78 is 19.3. The number of carboxylic acid groups (broad SMARTS) is 1. The molecule has 0 aliphatic heterocycles. The van der Waals surface area contributed by atoms with Crippen LogP contribution >= 0.6 is 0 Å². The first-order valence-corrected chi connectivity index (χ1v) is 6.19. The third-order valence-corrected chi connectivity index (χ3v) is 3.24. The van der Waals surface area contributed by atoms with Crippen molar-refractivity contribution in [2.45, 2.75) is 12.8 Å². The summed E-state index contributed by atoms with van der Waals surface area (Å²) in [6.45, 7) is 1.53. The van der Waals surface area contributed by atoms with Crippen molar-refractivity contribution in [2.75, 3.05) is 7.11 Å². The molecule has 0 bridgehead atoms. The molecule has 0 aliphatic carbocycles. The summed E-state index contributed by atoms with van der Waals surface area (Å²) in [7, 11) is 1.55. The second-order valence-electron chi connectivity index (χ2n) is 4.53. The molecule has 0 radical (unpaired) electrons. The van der Waals surface area contributed by atoms with Crippen LogP contribution in [0.3, 0.4) is 0 Å². The van der Waals surface area contributed by atoms with Gasteiger partial charge in [-0.05, 0) is 36.2 Å². The zero-order valence-corrected chi connectivity index (χ0v) is 11.3. The molecule has 3 nitrogen and oxygen atoms in total. The summed E-state index contributed by atoms with van der Waals surface area (Å²) in [6, 6.07) is 11.6. The minimum atomic E-state index is -0.974. The summed E-state index contributed by atoms with van der Waals surface area (Å²) >= 11 is 0. The van der Waals surface area contributed by atoms with Crippen LogP contribution in [-0.2, 0) is 4.79 Å². The van der Waals surface area contributed by atoms with Gasteiger partial charge in [-0.3, -0.25) is 4.79 Å². The molecule has 1 unspecified atom stereocenters. The second kappa shape index (κ2) is 5.74. The highest BCUT2D eigenvalue weighted by Gasteiger charge is 2.16. The molecule has 20 heavy (non-hydrogen) atoms. The molecule has 0 fully saturated rings. The summed E-state index contributed by atoms with van der Waals surface area (Å²) in [5, 5.41) is 8.94. The predicted octanol–water partition coefficient (Wildman–Crippen LogP) is 3.69. The maximum absolute atomic E-state index is 14.2. The summed E-state index contributed by atoms with van der Waals surface area (Å²) in [4.78, 5) is 10.9. The van der Waals surface area contributed by atoms with Gasteiger partial charge in [0.05, 0.1) is 13.0 Å². The highest BCUT2D eigenvalue weighted by atomic mass is 19.1. The van der Waals surface area contributed by atoms with Gasteiger partial charge in [0.15, 0.2) is 0 Å². The zero-order chi connectivity index (χ0) is 14.7. The Morgan fingerprint density at radius 3 is 2.60 bits per heavy atom. The number of carbonyl (C=O) groups is 1. The van der Waals surface area contributed by atoms with Crippen molar-refractivity contribution in [1.29, 1.82) is 0 Å². The quantitative estimate of drug-likeness (QED) is 0.924. The van der Waals surface area contributed by atoms with Gasteiger partial charge < -0.3 is 9.84 Å². The molecule has 0 amide bonds. The van der Waals surface area contributed by atoms with E-state index < -0.39 is 17.7 Å². The number of carboxylic acids is 1. The first-order chi connectivity index (χ1) is 9.52. The van der Waals surface area contributed by atoms with Crippen molar-refractivity contribution in [2.24, 2.45) is 0 Å². The first kappa shape index (κ1) is 14.1. The average molecular weight is 274 g/mol. The van der Waals surface area contributed by atoms with Crippen LogP contribution in [0.2, 0.25) is 0 Å². The Kier molecular flexibility index (Phi) is 4.03. The molecule has 2 rings (SSSR count). The number of halogens is 1. The standard InChI is InChI=1S/C16H15FO3/c1-10(16(18)19)11-6-7-14(15(17)9-11)12-4-3-5-13(8-12)20-2/h3-10H,1-2H3,(H,18,19). The van der Waals surface area contributed by atoms with Gasteiger partial charge in [-0.1, -0.05) is 24.3 Å². The molecule has 4 heteroatoms. The molecular weight excluding hydrogens is 259 g/mol. The van der Waals surface area contributed by atoms with E-state index in [-0.39, 0.29) is 0 Å². The van der Waals surface area contributed by atoms with E-state index in [0.717, 1.165) is 0 Å². The van der Waals surface area contributed by atoms with E-state index in [4.69, 9.17) is 9.84 Å². The smallest absolute Gasteiger partial charge is 0.310 e. The lowest BCUT2D eigenvalue weighted by Gasteiger charge is -2.10. The van der Waals surface area contributed by atoms with Gasteiger partial charge in [0.2, 0.25) is 0 Å². The fourth-order valence-electron chi connectivity index (χ4n) is 1.97. The van der Waals surface area contributed by atoms with Crippen LogP contribution in [0.1, 0.15) is 18.4 Å². The van der Waals surface area contributed by atoms with Gasteiger partial charge in [0.1, 0.15) is 11.6 Å². The lowest BCUT2D eigenvalue weighted by atomic mass is 9.97. The lowest BCUT2D eigenvalue weighted by molar-refractivity contribution is -0.138. The molecule has 0 aromatic heterocycles. The molecule has 2 aromatic carbocycles. The molecule has 0 aliphatic rings. The number of aliphatic carboxylic acids is 1. The highest BCUT2D eigenvalue weighted by molar-refractivity contribution is 5.76. The Morgan fingerprint density at radius 1 is 1.25 bits per heavy atom. The number of hydrogen-bond donors (Lipinski definition) is 1. The van der Waals surface area contributed by atoms with Crippen molar-refractivity contribution in [3.05, 3.63) is 53.8 Å². The lowest BCUT2D eigenvalue weighted by Crippen LogP contribution is -2.07. The van der Waals surface area contributed by atoms with Crippen LogP contribution in [0.4, 0.5) is 4.39 Å². The highest BCUT2D eigenvalue weighted by Crippen LogP contribution is 2.28. The van der Waals surface area contributed by atoms with E-state index in [2.05, 4.69) is 0 Å². The molecule has 0 saturated carbocycles. The molecule has 2 aromatic rings. The largest absolute Gasteiger partial charge is 0.497 e. The monoisotopic (exact) mass is 274 g/mol. The van der Waals surface area contributed by atoms with E-state index in [1.807, 2.05) is 0 Å². The molecular formula is C16H15FO3. The van der Waals surface area contributed by atoms with Gasteiger partial charge in [-0.2, -0.15) is 0 Å². The van der Waals surface area contributed by atoms with Crippen LogP contribution in [0, 0.1) is 5.82 Å². The molecule has 1 N–H and O–H groups in total. The average Bonchev–Trinajstić information content (AvgIpc) is 2.46. The van der Waals surface area contributed by atoms with Crippen molar-refractivity contribution in [3.63, 3.8) is 0 Å². The van der Waals surface area contributed by atoms with Crippen LogP contribution < -0.4 is 4.74 Å². The minimum Gasteiger partial charge on any atom is -0.497 e. The van der Waals surface area contributed by atoms with E-state index in [1.165, 1.54) is 13.0 Å². The zero-order valence-electron chi connectivity index (χ0n) is 11.3. The van der Waals surface area contributed by atoms with Crippen molar-refractivity contribution in [1.82, 2.24) is 0 Å². The molecule has 0 spiro atoms. The fourth-order valence-corrected chi connectivity index (χ4v) is 1.97. The number of ether oxygens (including phenoxy) is 1. The van der Waals surface area contributed by atoms with Gasteiger partial charge >= 0.3 is 5.97 Å². The van der Waals surface area contributed by atoms with E-state index in [0.29, 0.717) is 22.4 Å².